The Hall–Kier alpha value is -2.10. The van der Waals surface area contributed by atoms with Crippen molar-refractivity contribution in [2.45, 2.75) is 0 Å². The average molecular weight is 185 g/mol. The van der Waals surface area contributed by atoms with Crippen LogP contribution in [0.3, 0.4) is 0 Å². The van der Waals surface area contributed by atoms with Gasteiger partial charge < -0.3 is 5.73 Å². The molecule has 2 N–H and O–H groups in total. The molecule has 0 fully saturated rings. The lowest BCUT2D eigenvalue weighted by Gasteiger charge is -1.98. The zero-order valence-electron chi connectivity index (χ0n) is 7.27. The van der Waals surface area contributed by atoms with Crippen LogP contribution in [-0.2, 0) is 0 Å². The fraction of sp³-hybridized carbons (Fsp3) is 0. The standard InChI is InChI=1S/C10H7N3O/c11-7-2-3-8-6(5-7)1-4-9-10(8)13-14-12-9/h1-5H,11H2. The van der Waals surface area contributed by atoms with E-state index in [0.717, 1.165) is 27.5 Å². The maximum atomic E-state index is 5.68. The van der Waals surface area contributed by atoms with Gasteiger partial charge in [-0.25, -0.2) is 4.63 Å². The second-order valence-electron chi connectivity index (χ2n) is 3.18. The lowest BCUT2D eigenvalue weighted by Crippen LogP contribution is -1.84. The van der Waals surface area contributed by atoms with Crippen molar-refractivity contribution >= 4 is 27.5 Å². The maximum absolute atomic E-state index is 5.68. The van der Waals surface area contributed by atoms with Crippen LogP contribution < -0.4 is 5.73 Å². The van der Waals surface area contributed by atoms with Gasteiger partial charge in [0.15, 0.2) is 0 Å². The number of nitrogens with two attached hydrogens (primary N) is 1. The van der Waals surface area contributed by atoms with Crippen LogP contribution >= 0.6 is 0 Å². The first-order valence-electron chi connectivity index (χ1n) is 4.25. The highest BCUT2D eigenvalue weighted by molar-refractivity contribution is 6.04. The number of nitrogen functional groups attached to an aromatic ring is 1. The number of anilines is 1. The van der Waals surface area contributed by atoms with E-state index in [1.165, 1.54) is 0 Å². The Bertz CT molecular complexity index is 615. The van der Waals surface area contributed by atoms with Crippen LogP contribution in [0.2, 0.25) is 0 Å². The molecular formula is C10H7N3O. The summed E-state index contributed by atoms with van der Waals surface area (Å²) in [5.41, 5.74) is 7.97. The van der Waals surface area contributed by atoms with Gasteiger partial charge in [-0.1, -0.05) is 6.07 Å². The van der Waals surface area contributed by atoms with Crippen LogP contribution in [-0.4, -0.2) is 10.3 Å². The highest BCUT2D eigenvalue weighted by Crippen LogP contribution is 2.24. The third-order valence-corrected chi connectivity index (χ3v) is 2.27. The van der Waals surface area contributed by atoms with Crippen molar-refractivity contribution in [3.05, 3.63) is 30.3 Å². The SMILES string of the molecule is Nc1ccc2c(ccc3nonc32)c1. The minimum Gasteiger partial charge on any atom is -0.399 e. The molecule has 14 heavy (non-hydrogen) atoms. The van der Waals surface area contributed by atoms with Gasteiger partial charge in [-0.05, 0) is 40.0 Å². The Balaban J connectivity index is 2.57. The molecule has 1 aromatic heterocycles. The van der Waals surface area contributed by atoms with Gasteiger partial charge >= 0.3 is 0 Å². The van der Waals surface area contributed by atoms with Crippen LogP contribution in [0.5, 0.6) is 0 Å². The number of nitrogens with zero attached hydrogens (tertiary/aromatic N) is 2. The van der Waals surface area contributed by atoms with Crippen molar-refractivity contribution in [3.8, 4) is 0 Å². The summed E-state index contributed by atoms with van der Waals surface area (Å²) < 4.78 is 4.67. The third kappa shape index (κ3) is 0.877. The van der Waals surface area contributed by atoms with Crippen molar-refractivity contribution in [1.29, 1.82) is 0 Å². The molecule has 0 radical (unpaired) electrons. The van der Waals surface area contributed by atoms with Gasteiger partial charge in [0.05, 0.1) is 0 Å². The highest BCUT2D eigenvalue weighted by atomic mass is 16.6. The molecule has 0 atom stereocenters. The number of rotatable bonds is 0. The first kappa shape index (κ1) is 7.32. The molecule has 0 unspecified atom stereocenters. The fourth-order valence-electron chi connectivity index (χ4n) is 1.60. The van der Waals surface area contributed by atoms with Gasteiger partial charge in [0, 0.05) is 11.1 Å². The van der Waals surface area contributed by atoms with E-state index in [9.17, 15) is 0 Å². The zero-order valence-corrected chi connectivity index (χ0v) is 7.27. The Morgan fingerprint density at radius 2 is 2.00 bits per heavy atom. The van der Waals surface area contributed by atoms with Gasteiger partial charge in [0.2, 0.25) is 0 Å². The second-order valence-corrected chi connectivity index (χ2v) is 3.18. The molecule has 3 aromatic rings. The molecule has 4 heteroatoms. The van der Waals surface area contributed by atoms with Crippen molar-refractivity contribution in [2.24, 2.45) is 0 Å². The number of hydrogen-bond donors (Lipinski definition) is 1. The normalized spacial score (nSPS) is 11.1. The molecule has 0 spiro atoms. The summed E-state index contributed by atoms with van der Waals surface area (Å²) in [7, 11) is 0. The number of hydrogen-bond acceptors (Lipinski definition) is 4. The van der Waals surface area contributed by atoms with Gasteiger partial charge in [0.25, 0.3) is 0 Å². The minimum absolute atomic E-state index is 0.744. The number of fused-ring (bicyclic) bond motifs is 3. The molecule has 0 aliphatic heterocycles. The molecule has 0 aliphatic rings. The molecule has 3 rings (SSSR count). The predicted octanol–water partition coefficient (Wildman–Crippen LogP) is 1.96. The van der Waals surface area contributed by atoms with Crippen LogP contribution in [0.25, 0.3) is 21.8 Å². The molecule has 1 heterocycles. The van der Waals surface area contributed by atoms with Crippen LogP contribution in [0.1, 0.15) is 0 Å². The molecule has 0 saturated carbocycles. The second kappa shape index (κ2) is 2.45. The van der Waals surface area contributed by atoms with Crippen molar-refractivity contribution in [3.63, 3.8) is 0 Å². The predicted molar refractivity (Wildman–Crippen MR) is 53.7 cm³/mol. The van der Waals surface area contributed by atoms with Gasteiger partial charge in [0.1, 0.15) is 11.0 Å². The molecule has 2 aromatic carbocycles. The summed E-state index contributed by atoms with van der Waals surface area (Å²) in [5.74, 6) is 0. The van der Waals surface area contributed by atoms with Gasteiger partial charge in [-0.15, -0.1) is 0 Å². The Morgan fingerprint density at radius 3 is 2.93 bits per heavy atom. The van der Waals surface area contributed by atoms with Crippen LogP contribution in [0.15, 0.2) is 35.0 Å². The maximum Gasteiger partial charge on any atom is 0.143 e. The van der Waals surface area contributed by atoms with E-state index in [1.807, 2.05) is 30.3 Å². The van der Waals surface area contributed by atoms with Crippen LogP contribution in [0.4, 0.5) is 5.69 Å². The third-order valence-electron chi connectivity index (χ3n) is 2.27. The molecule has 0 bridgehead atoms. The van der Waals surface area contributed by atoms with Crippen LogP contribution in [0, 0.1) is 0 Å². The van der Waals surface area contributed by atoms with E-state index in [-0.39, 0.29) is 0 Å². The van der Waals surface area contributed by atoms with Crippen molar-refractivity contribution < 1.29 is 4.63 Å². The fourth-order valence-corrected chi connectivity index (χ4v) is 1.60. The molecule has 68 valence electrons. The summed E-state index contributed by atoms with van der Waals surface area (Å²) in [5, 5.41) is 9.68. The van der Waals surface area contributed by atoms with Crippen molar-refractivity contribution in [2.75, 3.05) is 5.73 Å². The Labute approximate surface area is 79.3 Å². The van der Waals surface area contributed by atoms with Gasteiger partial charge in [-0.3, -0.25) is 0 Å². The highest BCUT2D eigenvalue weighted by Gasteiger charge is 2.04. The summed E-state index contributed by atoms with van der Waals surface area (Å²) >= 11 is 0. The molecule has 0 amide bonds. The molecule has 0 saturated heterocycles. The zero-order chi connectivity index (χ0) is 9.54. The first-order chi connectivity index (χ1) is 6.84. The molecule has 4 nitrogen and oxygen atoms in total. The lowest BCUT2D eigenvalue weighted by atomic mass is 10.1. The monoisotopic (exact) mass is 185 g/mol. The van der Waals surface area contributed by atoms with E-state index in [0.29, 0.717) is 0 Å². The number of benzene rings is 2. The van der Waals surface area contributed by atoms with Gasteiger partial charge in [-0.2, -0.15) is 0 Å². The number of aromatic nitrogens is 2. The van der Waals surface area contributed by atoms with E-state index >= 15 is 0 Å². The summed E-state index contributed by atoms with van der Waals surface area (Å²) in [4.78, 5) is 0. The minimum atomic E-state index is 0.744. The lowest BCUT2D eigenvalue weighted by molar-refractivity contribution is 0.316. The quantitative estimate of drug-likeness (QED) is 0.543. The smallest absolute Gasteiger partial charge is 0.143 e. The van der Waals surface area contributed by atoms with Crippen molar-refractivity contribution in [1.82, 2.24) is 10.3 Å². The summed E-state index contributed by atoms with van der Waals surface area (Å²) in [6.07, 6.45) is 0. The van der Waals surface area contributed by atoms with E-state index in [2.05, 4.69) is 14.9 Å². The topological polar surface area (TPSA) is 64.9 Å². The Kier molecular flexibility index (Phi) is 1.28. The van der Waals surface area contributed by atoms with E-state index < -0.39 is 0 Å². The van der Waals surface area contributed by atoms with E-state index in [4.69, 9.17) is 5.73 Å². The first-order valence-corrected chi connectivity index (χ1v) is 4.25. The Morgan fingerprint density at radius 1 is 1.07 bits per heavy atom. The average Bonchev–Trinajstić information content (AvgIpc) is 2.65. The largest absolute Gasteiger partial charge is 0.399 e. The molecular weight excluding hydrogens is 178 g/mol. The summed E-state index contributed by atoms with van der Waals surface area (Å²) in [6, 6.07) is 9.50. The molecule has 0 aliphatic carbocycles. The summed E-state index contributed by atoms with van der Waals surface area (Å²) in [6.45, 7) is 0. The van der Waals surface area contributed by atoms with E-state index in [1.54, 1.807) is 0 Å².